The fourth-order valence-electron chi connectivity index (χ4n) is 3.91. The molecule has 0 spiro atoms. The number of alkyl carbamates (subject to hydrolysis) is 1. The van der Waals surface area contributed by atoms with Crippen molar-refractivity contribution in [2.45, 2.75) is 38.3 Å². The Morgan fingerprint density at radius 2 is 1.76 bits per heavy atom. The lowest BCUT2D eigenvalue weighted by Gasteiger charge is -2.29. The molecule has 1 atom stereocenters. The Hall–Kier alpha value is -4.18. The molecular formula is C28H36N6O4. The van der Waals surface area contributed by atoms with Crippen molar-refractivity contribution in [2.75, 3.05) is 26.2 Å². The molecule has 2 aromatic carbocycles. The number of nitrogens with one attached hydrogen (secondary N) is 3. The number of nitrogens with zero attached hydrogens (tertiary/aromatic N) is 2. The second-order valence-corrected chi connectivity index (χ2v) is 9.61. The molecule has 0 bridgehead atoms. The van der Waals surface area contributed by atoms with Gasteiger partial charge in [-0.25, -0.2) is 9.78 Å². The standard InChI is InChI=1S/C28H36N6O4/c1-28(2,22-11-7-4-8-12-22)19-31-25(35)17-34(14-13-29)26(36)24(15-23-16-30-20-32-23)33-27(37)38-18-21-9-5-3-6-10-21/h3-12,16,20,24H,13-15,17-19,29H2,1-2H3,(H,30,32)(H,31,35)(H,33,37). The minimum absolute atomic E-state index is 0.0593. The van der Waals surface area contributed by atoms with Crippen molar-refractivity contribution in [1.29, 1.82) is 0 Å². The molecule has 10 heteroatoms. The second kappa shape index (κ2) is 13.9. The van der Waals surface area contributed by atoms with Crippen molar-refractivity contribution >= 4 is 17.9 Å². The van der Waals surface area contributed by atoms with Gasteiger partial charge in [0.15, 0.2) is 0 Å². The summed E-state index contributed by atoms with van der Waals surface area (Å²) < 4.78 is 5.32. The zero-order chi connectivity index (χ0) is 27.4. The predicted octanol–water partition coefficient (Wildman–Crippen LogP) is 2.13. The van der Waals surface area contributed by atoms with Gasteiger partial charge in [-0.3, -0.25) is 9.59 Å². The first kappa shape index (κ1) is 28.4. The monoisotopic (exact) mass is 520 g/mol. The van der Waals surface area contributed by atoms with E-state index in [1.807, 2.05) is 74.5 Å². The van der Waals surface area contributed by atoms with Gasteiger partial charge in [-0.1, -0.05) is 74.5 Å². The van der Waals surface area contributed by atoms with Gasteiger partial charge in [-0.2, -0.15) is 0 Å². The van der Waals surface area contributed by atoms with E-state index in [1.165, 1.54) is 11.2 Å². The summed E-state index contributed by atoms with van der Waals surface area (Å²) in [5, 5.41) is 5.57. The van der Waals surface area contributed by atoms with Gasteiger partial charge in [0.1, 0.15) is 12.6 Å². The highest BCUT2D eigenvalue weighted by atomic mass is 16.5. The maximum atomic E-state index is 13.5. The largest absolute Gasteiger partial charge is 0.445 e. The lowest BCUT2D eigenvalue weighted by atomic mass is 9.84. The third-order valence-corrected chi connectivity index (χ3v) is 6.11. The van der Waals surface area contributed by atoms with Gasteiger partial charge in [-0.05, 0) is 11.1 Å². The number of benzene rings is 2. The number of aromatic nitrogens is 2. The van der Waals surface area contributed by atoms with E-state index in [0.29, 0.717) is 12.2 Å². The van der Waals surface area contributed by atoms with Crippen LogP contribution in [0.2, 0.25) is 0 Å². The Morgan fingerprint density at radius 1 is 1.08 bits per heavy atom. The van der Waals surface area contributed by atoms with Crippen LogP contribution in [0.1, 0.15) is 30.7 Å². The van der Waals surface area contributed by atoms with Crippen molar-refractivity contribution in [2.24, 2.45) is 5.73 Å². The van der Waals surface area contributed by atoms with E-state index in [-0.39, 0.29) is 44.0 Å². The molecule has 1 aromatic heterocycles. The van der Waals surface area contributed by atoms with Crippen LogP contribution in [0, 0.1) is 0 Å². The normalized spacial score (nSPS) is 11.9. The first-order valence-corrected chi connectivity index (χ1v) is 12.5. The van der Waals surface area contributed by atoms with Crippen molar-refractivity contribution in [3.8, 4) is 0 Å². The maximum Gasteiger partial charge on any atom is 0.408 e. The van der Waals surface area contributed by atoms with Crippen LogP contribution >= 0.6 is 0 Å². The first-order chi connectivity index (χ1) is 18.3. The molecule has 10 nitrogen and oxygen atoms in total. The van der Waals surface area contributed by atoms with Crippen molar-refractivity contribution in [1.82, 2.24) is 25.5 Å². The minimum Gasteiger partial charge on any atom is -0.445 e. The number of carbonyl (C=O) groups is 3. The summed E-state index contributed by atoms with van der Waals surface area (Å²) in [5.41, 5.74) is 8.02. The third-order valence-electron chi connectivity index (χ3n) is 6.11. The van der Waals surface area contributed by atoms with Crippen molar-refractivity contribution in [3.63, 3.8) is 0 Å². The van der Waals surface area contributed by atoms with Gasteiger partial charge in [0.05, 0.1) is 12.9 Å². The molecule has 0 radical (unpaired) electrons. The maximum absolute atomic E-state index is 13.5. The van der Waals surface area contributed by atoms with Crippen LogP contribution in [-0.4, -0.2) is 65.0 Å². The number of H-pyrrole nitrogens is 1. The van der Waals surface area contributed by atoms with Crippen molar-refractivity contribution in [3.05, 3.63) is 90.0 Å². The van der Waals surface area contributed by atoms with Crippen molar-refractivity contribution < 1.29 is 19.1 Å². The molecule has 1 heterocycles. The quantitative estimate of drug-likeness (QED) is 0.272. The summed E-state index contributed by atoms with van der Waals surface area (Å²) in [4.78, 5) is 47.2. The van der Waals surface area contributed by atoms with E-state index in [0.717, 1.165) is 11.1 Å². The highest BCUT2D eigenvalue weighted by molar-refractivity contribution is 5.89. The highest BCUT2D eigenvalue weighted by Gasteiger charge is 2.29. The predicted molar refractivity (Wildman–Crippen MR) is 144 cm³/mol. The van der Waals surface area contributed by atoms with Gasteiger partial charge < -0.3 is 31.0 Å². The molecule has 3 rings (SSSR count). The number of aromatic amines is 1. The van der Waals surface area contributed by atoms with Crippen LogP contribution in [0.5, 0.6) is 0 Å². The minimum atomic E-state index is -0.987. The summed E-state index contributed by atoms with van der Waals surface area (Å²) in [6.07, 6.45) is 2.46. The summed E-state index contributed by atoms with van der Waals surface area (Å²) in [5.74, 6) is -0.762. The fraction of sp³-hybridized carbons (Fsp3) is 0.357. The van der Waals surface area contributed by atoms with Crippen LogP contribution in [0.3, 0.4) is 0 Å². The number of hydrogen-bond acceptors (Lipinski definition) is 6. The Morgan fingerprint density at radius 3 is 2.39 bits per heavy atom. The molecule has 0 fully saturated rings. The molecule has 3 amide bonds. The van der Waals surface area contributed by atoms with E-state index in [9.17, 15) is 14.4 Å². The second-order valence-electron chi connectivity index (χ2n) is 9.61. The van der Waals surface area contributed by atoms with Gasteiger partial charge in [0.25, 0.3) is 0 Å². The average molecular weight is 521 g/mol. The van der Waals surface area contributed by atoms with E-state index in [1.54, 1.807) is 6.20 Å². The molecule has 0 aliphatic carbocycles. The topological polar surface area (TPSA) is 142 Å². The molecule has 5 N–H and O–H groups in total. The number of nitrogens with two attached hydrogens (primary N) is 1. The SMILES string of the molecule is CC(C)(CNC(=O)CN(CCN)C(=O)C(Cc1cnc[nH]1)NC(=O)OCc1ccccc1)c1ccccc1. The Labute approximate surface area is 223 Å². The smallest absolute Gasteiger partial charge is 0.408 e. The van der Waals surface area contributed by atoms with Crippen LogP contribution in [0.15, 0.2) is 73.2 Å². The molecule has 0 saturated heterocycles. The molecule has 3 aromatic rings. The summed E-state index contributed by atoms with van der Waals surface area (Å²) in [6, 6.07) is 18.1. The summed E-state index contributed by atoms with van der Waals surface area (Å²) in [7, 11) is 0. The number of hydrogen-bond donors (Lipinski definition) is 4. The van der Waals surface area contributed by atoms with Crippen LogP contribution < -0.4 is 16.4 Å². The van der Waals surface area contributed by atoms with Gasteiger partial charge in [-0.15, -0.1) is 0 Å². The summed E-state index contributed by atoms with van der Waals surface area (Å²) >= 11 is 0. The van der Waals surface area contributed by atoms with Crippen LogP contribution in [-0.2, 0) is 32.8 Å². The number of amides is 3. The fourth-order valence-corrected chi connectivity index (χ4v) is 3.91. The number of imidazole rings is 1. The number of carbonyl (C=O) groups excluding carboxylic acids is 3. The Bertz CT molecular complexity index is 1150. The number of ether oxygens (including phenoxy) is 1. The lowest BCUT2D eigenvalue weighted by Crippen LogP contribution is -2.53. The lowest BCUT2D eigenvalue weighted by molar-refractivity contribution is -0.137. The molecule has 1 unspecified atom stereocenters. The molecule has 0 saturated carbocycles. The first-order valence-electron chi connectivity index (χ1n) is 12.5. The van der Waals surface area contributed by atoms with E-state index < -0.39 is 18.0 Å². The third kappa shape index (κ3) is 8.74. The van der Waals surface area contributed by atoms with E-state index in [2.05, 4.69) is 20.6 Å². The Kier molecular flexibility index (Phi) is 10.4. The highest BCUT2D eigenvalue weighted by Crippen LogP contribution is 2.21. The van der Waals surface area contributed by atoms with Crippen LogP contribution in [0.25, 0.3) is 0 Å². The molecule has 38 heavy (non-hydrogen) atoms. The van der Waals surface area contributed by atoms with E-state index in [4.69, 9.17) is 10.5 Å². The molecule has 202 valence electrons. The van der Waals surface area contributed by atoms with E-state index >= 15 is 0 Å². The van der Waals surface area contributed by atoms with Crippen LogP contribution in [0.4, 0.5) is 4.79 Å². The summed E-state index contributed by atoms with van der Waals surface area (Å²) in [6.45, 7) is 4.64. The zero-order valence-corrected chi connectivity index (χ0v) is 21.9. The average Bonchev–Trinajstić information content (AvgIpc) is 3.44. The van der Waals surface area contributed by atoms with Gasteiger partial charge >= 0.3 is 6.09 Å². The Balaban J connectivity index is 1.64. The van der Waals surface area contributed by atoms with Gasteiger partial charge in [0.2, 0.25) is 11.8 Å². The molecule has 0 aliphatic rings. The molecular weight excluding hydrogens is 484 g/mol. The zero-order valence-electron chi connectivity index (χ0n) is 21.9. The number of rotatable bonds is 13. The molecule has 0 aliphatic heterocycles. The van der Waals surface area contributed by atoms with Gasteiger partial charge in [0, 0.05) is 43.4 Å².